The number of hydrogen-bond acceptors (Lipinski definition) is 2. The van der Waals surface area contributed by atoms with Gasteiger partial charge in [-0.2, -0.15) is 0 Å². The molecule has 0 aromatic rings. The van der Waals surface area contributed by atoms with E-state index >= 15 is 0 Å². The smallest absolute Gasteiger partial charge is 0.146 e. The van der Waals surface area contributed by atoms with Gasteiger partial charge >= 0.3 is 0 Å². The number of rotatable bonds is 3. The number of hydrogen-bond donors (Lipinski definition) is 0. The first kappa shape index (κ1) is 8.95. The maximum Gasteiger partial charge on any atom is 0.146 e. The monoisotopic (exact) mass is 180 g/mol. The van der Waals surface area contributed by atoms with E-state index in [0.29, 0.717) is 11.7 Å². The molecule has 3 unspecified atom stereocenters. The van der Waals surface area contributed by atoms with Crippen molar-refractivity contribution in [3.05, 3.63) is 12.2 Å². The molecule has 2 heteroatoms. The van der Waals surface area contributed by atoms with Gasteiger partial charge < -0.3 is 4.74 Å². The molecule has 2 rings (SSSR count). The summed E-state index contributed by atoms with van der Waals surface area (Å²) in [5.41, 5.74) is 0. The molecular weight excluding hydrogens is 164 g/mol. The predicted octanol–water partition coefficient (Wildman–Crippen LogP) is 1.80. The van der Waals surface area contributed by atoms with E-state index in [1.54, 1.807) is 0 Å². The number of carbonyl (C=O) groups excluding carboxylic acids is 1. The average Bonchev–Trinajstić information content (AvgIpc) is 2.58. The number of allylic oxidation sites excluding steroid dienone is 2. The largest absolute Gasteiger partial charge is 0.378 e. The van der Waals surface area contributed by atoms with Gasteiger partial charge in [-0.1, -0.05) is 12.2 Å². The van der Waals surface area contributed by atoms with Crippen LogP contribution in [-0.4, -0.2) is 18.5 Å². The minimum Gasteiger partial charge on any atom is -0.378 e. The van der Waals surface area contributed by atoms with Crippen LogP contribution in [0, 0.1) is 17.8 Å². The molecule has 0 aliphatic heterocycles. The Morgan fingerprint density at radius 3 is 2.77 bits per heavy atom. The van der Waals surface area contributed by atoms with Crippen molar-refractivity contribution in [2.45, 2.75) is 26.4 Å². The van der Waals surface area contributed by atoms with Crippen molar-refractivity contribution in [1.29, 1.82) is 0 Å². The molecule has 2 aliphatic rings. The van der Waals surface area contributed by atoms with E-state index in [-0.39, 0.29) is 17.9 Å². The Balaban J connectivity index is 1.90. The van der Waals surface area contributed by atoms with Crippen molar-refractivity contribution in [3.63, 3.8) is 0 Å². The van der Waals surface area contributed by atoms with Crippen LogP contribution in [0.15, 0.2) is 12.2 Å². The Kier molecular flexibility index (Phi) is 2.24. The molecule has 0 aromatic heterocycles. The molecule has 0 aromatic carbocycles. The van der Waals surface area contributed by atoms with Gasteiger partial charge in [-0.25, -0.2) is 0 Å². The lowest BCUT2D eigenvalue weighted by atomic mass is 9.94. The zero-order valence-corrected chi connectivity index (χ0v) is 8.19. The fourth-order valence-electron chi connectivity index (χ4n) is 2.24. The first-order valence-corrected chi connectivity index (χ1v) is 5.02. The van der Waals surface area contributed by atoms with Crippen LogP contribution in [0.4, 0.5) is 0 Å². The summed E-state index contributed by atoms with van der Waals surface area (Å²) in [6.45, 7) is 4.81. The lowest BCUT2D eigenvalue weighted by Crippen LogP contribution is -2.18. The van der Waals surface area contributed by atoms with Gasteiger partial charge in [0.1, 0.15) is 5.78 Å². The Morgan fingerprint density at radius 1 is 1.54 bits per heavy atom. The third kappa shape index (κ3) is 1.55. The number of fused-ring (bicyclic) bond motifs is 2. The summed E-state index contributed by atoms with van der Waals surface area (Å²) in [6.07, 6.45) is 5.40. The standard InChI is InChI=1S/C11H16O2/c1-7(2)13-6-9-5-8-3-4-10(9)11(8)12/h3-4,7-10H,5-6H2,1-2H3. The highest BCUT2D eigenvalue weighted by molar-refractivity contribution is 5.91. The van der Waals surface area contributed by atoms with E-state index < -0.39 is 0 Å². The first-order valence-electron chi connectivity index (χ1n) is 5.02. The fourth-order valence-corrected chi connectivity index (χ4v) is 2.24. The van der Waals surface area contributed by atoms with Crippen molar-refractivity contribution in [1.82, 2.24) is 0 Å². The molecule has 2 nitrogen and oxygen atoms in total. The normalized spacial score (nSPS) is 36.5. The topological polar surface area (TPSA) is 26.3 Å². The fraction of sp³-hybridized carbons (Fsp3) is 0.727. The molecule has 2 aliphatic carbocycles. The molecule has 0 N–H and O–H groups in total. The molecule has 0 radical (unpaired) electrons. The van der Waals surface area contributed by atoms with Crippen LogP contribution in [-0.2, 0) is 9.53 Å². The van der Waals surface area contributed by atoms with Gasteiger partial charge in [0.15, 0.2) is 0 Å². The summed E-state index contributed by atoms with van der Waals surface area (Å²) in [7, 11) is 0. The molecule has 0 saturated heterocycles. The van der Waals surface area contributed by atoms with Crippen molar-refractivity contribution in [2.75, 3.05) is 6.61 Å². The predicted molar refractivity (Wildman–Crippen MR) is 50.3 cm³/mol. The van der Waals surface area contributed by atoms with Gasteiger partial charge in [0.25, 0.3) is 0 Å². The van der Waals surface area contributed by atoms with Crippen molar-refractivity contribution < 1.29 is 9.53 Å². The Bertz CT molecular complexity index is 242. The van der Waals surface area contributed by atoms with Crippen LogP contribution >= 0.6 is 0 Å². The van der Waals surface area contributed by atoms with Crippen LogP contribution < -0.4 is 0 Å². The van der Waals surface area contributed by atoms with Gasteiger partial charge in [0.05, 0.1) is 12.7 Å². The minimum atomic E-state index is 0.170. The van der Waals surface area contributed by atoms with Crippen molar-refractivity contribution in [2.24, 2.45) is 17.8 Å². The van der Waals surface area contributed by atoms with Crippen LogP contribution in [0.3, 0.4) is 0 Å². The van der Waals surface area contributed by atoms with Crippen LogP contribution in [0.2, 0.25) is 0 Å². The number of ether oxygens (including phenoxy) is 1. The molecule has 0 spiro atoms. The second-order valence-corrected chi connectivity index (χ2v) is 4.30. The quantitative estimate of drug-likeness (QED) is 0.619. The Labute approximate surface area is 79.0 Å². The maximum absolute atomic E-state index is 11.5. The van der Waals surface area contributed by atoms with E-state index in [4.69, 9.17) is 4.74 Å². The molecule has 1 fully saturated rings. The lowest BCUT2D eigenvalue weighted by molar-refractivity contribution is -0.121. The summed E-state index contributed by atoms with van der Waals surface area (Å²) in [6, 6.07) is 0. The average molecular weight is 180 g/mol. The van der Waals surface area contributed by atoms with E-state index in [1.165, 1.54) is 0 Å². The lowest BCUT2D eigenvalue weighted by Gasteiger charge is -2.18. The summed E-state index contributed by atoms with van der Waals surface area (Å²) in [5.74, 6) is 1.25. The molecule has 13 heavy (non-hydrogen) atoms. The van der Waals surface area contributed by atoms with Gasteiger partial charge in [-0.15, -0.1) is 0 Å². The highest BCUT2D eigenvalue weighted by atomic mass is 16.5. The Morgan fingerprint density at radius 2 is 2.31 bits per heavy atom. The summed E-state index contributed by atoms with van der Waals surface area (Å²) in [4.78, 5) is 11.5. The van der Waals surface area contributed by atoms with Crippen LogP contribution in [0.1, 0.15) is 20.3 Å². The highest BCUT2D eigenvalue weighted by Crippen LogP contribution is 2.40. The van der Waals surface area contributed by atoms with Crippen molar-refractivity contribution >= 4 is 5.78 Å². The zero-order valence-electron chi connectivity index (χ0n) is 8.19. The van der Waals surface area contributed by atoms with Gasteiger partial charge in [-0.3, -0.25) is 4.79 Å². The zero-order chi connectivity index (χ0) is 9.42. The summed E-state index contributed by atoms with van der Waals surface area (Å²) < 4.78 is 5.54. The van der Waals surface area contributed by atoms with Crippen LogP contribution in [0.25, 0.3) is 0 Å². The summed E-state index contributed by atoms with van der Waals surface area (Å²) in [5, 5.41) is 0. The number of carbonyl (C=O) groups is 1. The van der Waals surface area contributed by atoms with Gasteiger partial charge in [0.2, 0.25) is 0 Å². The second-order valence-electron chi connectivity index (χ2n) is 4.30. The molecule has 2 bridgehead atoms. The van der Waals surface area contributed by atoms with E-state index in [2.05, 4.69) is 12.2 Å². The third-order valence-corrected chi connectivity index (χ3v) is 2.95. The molecule has 72 valence electrons. The Hall–Kier alpha value is -0.630. The molecule has 0 heterocycles. The molecule has 0 amide bonds. The molecule has 1 saturated carbocycles. The molecular formula is C11H16O2. The third-order valence-electron chi connectivity index (χ3n) is 2.95. The van der Waals surface area contributed by atoms with Crippen LogP contribution in [0.5, 0.6) is 0 Å². The van der Waals surface area contributed by atoms with E-state index in [0.717, 1.165) is 13.0 Å². The first-order chi connectivity index (χ1) is 6.18. The SMILES string of the molecule is CC(C)OCC1CC2C=CC1C2=O. The second kappa shape index (κ2) is 3.26. The van der Waals surface area contributed by atoms with Gasteiger partial charge in [-0.05, 0) is 26.2 Å². The number of ketones is 1. The van der Waals surface area contributed by atoms with Gasteiger partial charge in [0, 0.05) is 11.8 Å². The van der Waals surface area contributed by atoms with Crippen molar-refractivity contribution in [3.8, 4) is 0 Å². The molecule has 3 atom stereocenters. The maximum atomic E-state index is 11.5. The highest BCUT2D eigenvalue weighted by Gasteiger charge is 2.43. The number of Topliss-reactive ketones (excluding diaryl/α,β-unsaturated/α-hetero) is 1. The minimum absolute atomic E-state index is 0.170. The summed E-state index contributed by atoms with van der Waals surface area (Å²) >= 11 is 0. The van der Waals surface area contributed by atoms with E-state index in [9.17, 15) is 4.79 Å². The van der Waals surface area contributed by atoms with E-state index in [1.807, 2.05) is 13.8 Å².